The summed E-state index contributed by atoms with van der Waals surface area (Å²) < 4.78 is 0. The third kappa shape index (κ3) is 5.93. The van der Waals surface area contributed by atoms with E-state index >= 15 is 0 Å². The molecule has 3 N–H and O–H groups in total. The van der Waals surface area contributed by atoms with Crippen LogP contribution in [0.15, 0.2) is 78.4 Å². The summed E-state index contributed by atoms with van der Waals surface area (Å²) in [6, 6.07) is 18.8. The van der Waals surface area contributed by atoms with Gasteiger partial charge in [0.2, 0.25) is 11.8 Å². The number of aromatic nitrogens is 1. The minimum atomic E-state index is -0.990. The van der Waals surface area contributed by atoms with Crippen LogP contribution in [0.3, 0.4) is 0 Å². The normalized spacial score (nSPS) is 16.7. The molecule has 9 heteroatoms. The molecule has 3 heterocycles. The molecule has 4 aromatic rings. The summed E-state index contributed by atoms with van der Waals surface area (Å²) in [4.78, 5) is 45.2. The number of nitrogens with one attached hydrogen (secondary N) is 2. The smallest absolute Gasteiger partial charge is 0.308 e. The fraction of sp³-hybridized carbons (Fsp3) is 0.267. The van der Waals surface area contributed by atoms with Gasteiger partial charge in [-0.25, -0.2) is 0 Å². The second-order valence-corrected chi connectivity index (χ2v) is 10.7. The zero-order valence-electron chi connectivity index (χ0n) is 21.5. The number of benzene rings is 2. The summed E-state index contributed by atoms with van der Waals surface area (Å²) in [6.45, 7) is 2.75. The predicted molar refractivity (Wildman–Crippen MR) is 153 cm³/mol. The van der Waals surface area contributed by atoms with Crippen LogP contribution in [0.2, 0.25) is 0 Å². The quantitative estimate of drug-likeness (QED) is 0.253. The largest absolute Gasteiger partial charge is 0.481 e. The third-order valence-electron chi connectivity index (χ3n) is 7.18. The standard InChI is InChI=1S/C30H30N4O4S/c1-2-26(30(37)38)28(20-5-3-11-31-16-20)33-29(36)22-15-27(35)34(18-22)24-10-8-19-7-9-23(13-21(19)14-24)32-17-25-6-4-12-39-25/h3-14,16,22,26,28,32H,2,15,17-18H2,1H3,(H,33,36)(H,37,38). The zero-order valence-corrected chi connectivity index (χ0v) is 22.4. The SMILES string of the molecule is CCC(C(=O)O)C(NC(=O)C1CC(=O)N(c2ccc3ccc(NCc4cccs4)cc3c2)C1)c1cccnc1. The second kappa shape index (κ2) is 11.7. The molecule has 2 aromatic carbocycles. The Morgan fingerprint density at radius 1 is 1.13 bits per heavy atom. The van der Waals surface area contributed by atoms with E-state index in [1.807, 2.05) is 36.4 Å². The van der Waals surface area contributed by atoms with Gasteiger partial charge in [-0.1, -0.05) is 31.2 Å². The molecule has 5 rings (SSSR count). The number of fused-ring (bicyclic) bond motifs is 1. The van der Waals surface area contributed by atoms with E-state index in [1.54, 1.807) is 47.7 Å². The van der Waals surface area contributed by atoms with Crippen molar-refractivity contribution in [3.05, 3.63) is 88.9 Å². The van der Waals surface area contributed by atoms with Crippen molar-refractivity contribution in [2.75, 3.05) is 16.8 Å². The first-order valence-corrected chi connectivity index (χ1v) is 13.8. The van der Waals surface area contributed by atoms with Crippen LogP contribution in [0.4, 0.5) is 11.4 Å². The van der Waals surface area contributed by atoms with Crippen molar-refractivity contribution in [3.63, 3.8) is 0 Å². The number of carbonyl (C=O) groups is 3. The lowest BCUT2D eigenvalue weighted by Crippen LogP contribution is -2.40. The molecule has 3 unspecified atom stereocenters. The molecule has 8 nitrogen and oxygen atoms in total. The van der Waals surface area contributed by atoms with E-state index in [9.17, 15) is 19.5 Å². The molecule has 39 heavy (non-hydrogen) atoms. The number of carboxylic acids is 1. The van der Waals surface area contributed by atoms with E-state index in [0.29, 0.717) is 12.0 Å². The minimum Gasteiger partial charge on any atom is -0.481 e. The van der Waals surface area contributed by atoms with Crippen molar-refractivity contribution < 1.29 is 19.5 Å². The van der Waals surface area contributed by atoms with Crippen molar-refractivity contribution in [1.82, 2.24) is 10.3 Å². The first-order chi connectivity index (χ1) is 18.9. The van der Waals surface area contributed by atoms with Gasteiger partial charge in [-0.3, -0.25) is 19.4 Å². The lowest BCUT2D eigenvalue weighted by Gasteiger charge is -2.26. The number of aliphatic carboxylic acids is 1. The number of nitrogens with zero attached hydrogens (tertiary/aromatic N) is 2. The topological polar surface area (TPSA) is 112 Å². The Hall–Kier alpha value is -4.24. The number of carbonyl (C=O) groups excluding carboxylic acids is 2. The lowest BCUT2D eigenvalue weighted by atomic mass is 9.91. The minimum absolute atomic E-state index is 0.0654. The van der Waals surface area contributed by atoms with Crippen molar-refractivity contribution in [2.45, 2.75) is 32.4 Å². The van der Waals surface area contributed by atoms with Crippen LogP contribution in [0.5, 0.6) is 0 Å². The van der Waals surface area contributed by atoms with Crippen LogP contribution in [0.1, 0.15) is 36.2 Å². The van der Waals surface area contributed by atoms with Gasteiger partial charge in [0, 0.05) is 48.2 Å². The molecule has 1 saturated heterocycles. The van der Waals surface area contributed by atoms with Crippen LogP contribution in [0.25, 0.3) is 10.8 Å². The summed E-state index contributed by atoms with van der Waals surface area (Å²) in [7, 11) is 0. The molecule has 1 aliphatic rings. The Bertz CT molecular complexity index is 1480. The highest BCUT2D eigenvalue weighted by Gasteiger charge is 2.38. The summed E-state index contributed by atoms with van der Waals surface area (Å²) in [5.41, 5.74) is 2.35. The summed E-state index contributed by atoms with van der Waals surface area (Å²) in [6.07, 6.45) is 3.58. The van der Waals surface area contributed by atoms with E-state index in [0.717, 1.165) is 28.7 Å². The van der Waals surface area contributed by atoms with Crippen molar-refractivity contribution >= 4 is 51.3 Å². The molecule has 0 radical (unpaired) electrons. The molecule has 200 valence electrons. The molecule has 1 aliphatic heterocycles. The van der Waals surface area contributed by atoms with Gasteiger partial charge in [0.25, 0.3) is 0 Å². The molecule has 1 fully saturated rings. The van der Waals surface area contributed by atoms with Crippen molar-refractivity contribution in [3.8, 4) is 0 Å². The average Bonchev–Trinajstić information content (AvgIpc) is 3.61. The number of amides is 2. The second-order valence-electron chi connectivity index (χ2n) is 9.71. The molecule has 0 spiro atoms. The van der Waals surface area contributed by atoms with E-state index in [4.69, 9.17) is 0 Å². The van der Waals surface area contributed by atoms with Gasteiger partial charge in [-0.05, 0) is 64.5 Å². The number of pyridine rings is 1. The van der Waals surface area contributed by atoms with Crippen molar-refractivity contribution in [2.24, 2.45) is 11.8 Å². The summed E-state index contributed by atoms with van der Waals surface area (Å²) in [5, 5.41) is 20.2. The molecule has 0 aliphatic carbocycles. The maximum atomic E-state index is 13.3. The molecule has 0 bridgehead atoms. The first-order valence-electron chi connectivity index (χ1n) is 13.0. The molecule has 2 amide bonds. The Kier molecular flexibility index (Phi) is 7.88. The summed E-state index contributed by atoms with van der Waals surface area (Å²) in [5.74, 6) is -2.85. The predicted octanol–water partition coefficient (Wildman–Crippen LogP) is 5.23. The highest BCUT2D eigenvalue weighted by atomic mass is 32.1. The van der Waals surface area contributed by atoms with E-state index in [2.05, 4.69) is 33.1 Å². The third-order valence-corrected chi connectivity index (χ3v) is 8.06. The van der Waals surface area contributed by atoms with Gasteiger partial charge >= 0.3 is 5.97 Å². The van der Waals surface area contributed by atoms with E-state index in [-0.39, 0.29) is 24.8 Å². The van der Waals surface area contributed by atoms with Crippen molar-refractivity contribution in [1.29, 1.82) is 0 Å². The number of thiophene rings is 1. The Labute approximate surface area is 230 Å². The van der Waals surface area contributed by atoms with Gasteiger partial charge in [0.1, 0.15) is 0 Å². The zero-order chi connectivity index (χ0) is 27.4. The van der Waals surface area contributed by atoms with Gasteiger partial charge < -0.3 is 20.6 Å². The van der Waals surface area contributed by atoms with E-state index < -0.39 is 23.8 Å². The average molecular weight is 543 g/mol. The van der Waals surface area contributed by atoms with Crippen LogP contribution in [-0.4, -0.2) is 34.4 Å². The van der Waals surface area contributed by atoms with Gasteiger partial charge in [-0.15, -0.1) is 11.3 Å². The highest BCUT2D eigenvalue weighted by Crippen LogP contribution is 2.31. The number of carboxylic acid groups (broad SMARTS) is 1. The van der Waals surface area contributed by atoms with Crippen LogP contribution in [0, 0.1) is 11.8 Å². The number of hydrogen-bond acceptors (Lipinski definition) is 6. The maximum Gasteiger partial charge on any atom is 0.308 e. The van der Waals surface area contributed by atoms with Gasteiger partial charge in [-0.2, -0.15) is 0 Å². The fourth-order valence-electron chi connectivity index (χ4n) is 5.05. The molecular formula is C30H30N4O4S. The number of hydrogen-bond donors (Lipinski definition) is 3. The maximum absolute atomic E-state index is 13.3. The highest BCUT2D eigenvalue weighted by molar-refractivity contribution is 7.09. The van der Waals surface area contributed by atoms with Crippen LogP contribution in [-0.2, 0) is 20.9 Å². The molecule has 2 aromatic heterocycles. The Balaban J connectivity index is 1.31. The fourth-order valence-corrected chi connectivity index (χ4v) is 5.69. The molecular weight excluding hydrogens is 512 g/mol. The molecule has 3 atom stereocenters. The Morgan fingerprint density at radius 3 is 2.69 bits per heavy atom. The number of anilines is 2. The monoisotopic (exact) mass is 542 g/mol. The van der Waals surface area contributed by atoms with E-state index in [1.165, 1.54) is 4.88 Å². The van der Waals surface area contributed by atoms with Crippen LogP contribution >= 0.6 is 11.3 Å². The van der Waals surface area contributed by atoms with Gasteiger partial charge in [0.15, 0.2) is 0 Å². The first kappa shape index (κ1) is 26.4. The lowest BCUT2D eigenvalue weighted by molar-refractivity contribution is -0.143. The van der Waals surface area contributed by atoms with Crippen LogP contribution < -0.4 is 15.5 Å². The number of rotatable bonds is 10. The van der Waals surface area contributed by atoms with Gasteiger partial charge in [0.05, 0.1) is 17.9 Å². The molecule has 0 saturated carbocycles. The summed E-state index contributed by atoms with van der Waals surface area (Å²) >= 11 is 1.70. The Morgan fingerprint density at radius 2 is 1.97 bits per heavy atom.